The van der Waals surface area contributed by atoms with E-state index in [1.54, 1.807) is 0 Å². The molecule has 1 rings (SSSR count). The quantitative estimate of drug-likeness (QED) is 0.687. The smallest absolute Gasteiger partial charge is 0.307 e. The topological polar surface area (TPSA) is 66.4 Å². The minimum Gasteiger partial charge on any atom is -0.481 e. The Bertz CT molecular complexity index is 278. The molecule has 2 atom stereocenters. The predicted octanol–water partition coefficient (Wildman–Crippen LogP) is 2.57. The third-order valence-electron chi connectivity index (χ3n) is 3.75. The lowest BCUT2D eigenvalue weighted by molar-refractivity contribution is -0.148. The molecule has 1 saturated carbocycles. The highest BCUT2D eigenvalue weighted by Gasteiger charge is 2.35. The number of carboxylic acids is 1. The van der Waals surface area contributed by atoms with E-state index < -0.39 is 11.9 Å². The van der Waals surface area contributed by atoms with Crippen molar-refractivity contribution in [2.75, 3.05) is 6.54 Å². The van der Waals surface area contributed by atoms with Gasteiger partial charge in [-0.05, 0) is 19.3 Å². The number of rotatable bonds is 7. The average molecular weight is 255 g/mol. The first-order valence-corrected chi connectivity index (χ1v) is 7.17. The van der Waals surface area contributed by atoms with Gasteiger partial charge in [0.25, 0.3) is 0 Å². The van der Waals surface area contributed by atoms with Gasteiger partial charge in [-0.2, -0.15) is 0 Å². The molecule has 4 nitrogen and oxygen atoms in total. The summed E-state index contributed by atoms with van der Waals surface area (Å²) in [6.07, 6.45) is 7.75. The molecule has 0 unspecified atom stereocenters. The van der Waals surface area contributed by atoms with Gasteiger partial charge < -0.3 is 10.4 Å². The van der Waals surface area contributed by atoms with E-state index >= 15 is 0 Å². The van der Waals surface area contributed by atoms with Gasteiger partial charge in [0.15, 0.2) is 0 Å². The lowest BCUT2D eigenvalue weighted by Gasteiger charge is -2.27. The fourth-order valence-electron chi connectivity index (χ4n) is 2.63. The summed E-state index contributed by atoms with van der Waals surface area (Å²) in [7, 11) is 0. The van der Waals surface area contributed by atoms with Crippen LogP contribution in [0.1, 0.15) is 58.3 Å². The second kappa shape index (κ2) is 8.11. The van der Waals surface area contributed by atoms with Crippen LogP contribution in [0.3, 0.4) is 0 Å². The van der Waals surface area contributed by atoms with Crippen molar-refractivity contribution in [1.29, 1.82) is 0 Å². The van der Waals surface area contributed by atoms with E-state index in [-0.39, 0.29) is 11.8 Å². The van der Waals surface area contributed by atoms with Crippen LogP contribution in [-0.4, -0.2) is 23.5 Å². The standard InChI is InChI=1S/C14H25NO3/c1-2-3-4-7-10-15-13(16)11-8-5-6-9-12(11)14(17)18/h11-12H,2-10H2,1H3,(H,15,16)(H,17,18)/t11-,12+/m1/s1. The number of amides is 1. The summed E-state index contributed by atoms with van der Waals surface area (Å²) in [4.78, 5) is 23.1. The molecule has 0 bridgehead atoms. The minimum absolute atomic E-state index is 0.0569. The lowest BCUT2D eigenvalue weighted by Crippen LogP contribution is -2.40. The molecule has 0 heterocycles. The maximum atomic E-state index is 12.0. The van der Waals surface area contributed by atoms with Crippen LogP contribution in [0.15, 0.2) is 0 Å². The molecule has 0 radical (unpaired) electrons. The van der Waals surface area contributed by atoms with E-state index in [0.29, 0.717) is 13.0 Å². The number of carbonyl (C=O) groups excluding carboxylic acids is 1. The number of nitrogens with one attached hydrogen (secondary N) is 1. The fraction of sp³-hybridized carbons (Fsp3) is 0.857. The van der Waals surface area contributed by atoms with Gasteiger partial charge in [-0.1, -0.05) is 39.0 Å². The first kappa shape index (κ1) is 15.0. The Balaban J connectivity index is 2.32. The molecule has 1 aliphatic carbocycles. The van der Waals surface area contributed by atoms with Gasteiger partial charge in [-0.3, -0.25) is 9.59 Å². The molecule has 0 aliphatic heterocycles. The molecular formula is C14H25NO3. The van der Waals surface area contributed by atoms with Crippen LogP contribution in [0.5, 0.6) is 0 Å². The molecule has 18 heavy (non-hydrogen) atoms. The Labute approximate surface area is 109 Å². The third kappa shape index (κ3) is 4.67. The van der Waals surface area contributed by atoms with Crippen LogP contribution in [0.25, 0.3) is 0 Å². The summed E-state index contributed by atoms with van der Waals surface area (Å²) >= 11 is 0. The second-order valence-electron chi connectivity index (χ2n) is 5.19. The molecule has 0 spiro atoms. The Hall–Kier alpha value is -1.06. The molecule has 0 aromatic heterocycles. The molecule has 1 fully saturated rings. The molecule has 104 valence electrons. The second-order valence-corrected chi connectivity index (χ2v) is 5.19. The summed E-state index contributed by atoms with van der Waals surface area (Å²) in [5, 5.41) is 12.0. The molecule has 1 aliphatic rings. The Morgan fingerprint density at radius 2 is 1.78 bits per heavy atom. The Morgan fingerprint density at radius 1 is 1.11 bits per heavy atom. The molecule has 2 N–H and O–H groups in total. The van der Waals surface area contributed by atoms with Gasteiger partial charge >= 0.3 is 5.97 Å². The Morgan fingerprint density at radius 3 is 2.39 bits per heavy atom. The summed E-state index contributed by atoms with van der Waals surface area (Å²) in [6, 6.07) is 0. The van der Waals surface area contributed by atoms with Crippen LogP contribution in [0, 0.1) is 11.8 Å². The van der Waals surface area contributed by atoms with Crippen molar-refractivity contribution < 1.29 is 14.7 Å². The van der Waals surface area contributed by atoms with Crippen molar-refractivity contribution in [2.45, 2.75) is 58.3 Å². The summed E-state index contributed by atoms with van der Waals surface area (Å²) in [6.45, 7) is 2.83. The van der Waals surface area contributed by atoms with Gasteiger partial charge in [-0.15, -0.1) is 0 Å². The van der Waals surface area contributed by atoms with Crippen molar-refractivity contribution in [3.05, 3.63) is 0 Å². The monoisotopic (exact) mass is 255 g/mol. The number of carboxylic acid groups (broad SMARTS) is 1. The molecule has 4 heteroatoms. The Kier molecular flexibility index (Phi) is 6.76. The molecule has 0 saturated heterocycles. The maximum absolute atomic E-state index is 12.0. The van der Waals surface area contributed by atoms with E-state index in [0.717, 1.165) is 32.1 Å². The van der Waals surface area contributed by atoms with Crippen molar-refractivity contribution in [3.8, 4) is 0 Å². The van der Waals surface area contributed by atoms with Crippen LogP contribution in [-0.2, 0) is 9.59 Å². The van der Waals surface area contributed by atoms with Crippen LogP contribution in [0.4, 0.5) is 0 Å². The predicted molar refractivity (Wildman–Crippen MR) is 70.2 cm³/mol. The van der Waals surface area contributed by atoms with Crippen molar-refractivity contribution >= 4 is 11.9 Å². The zero-order chi connectivity index (χ0) is 13.4. The fourth-order valence-corrected chi connectivity index (χ4v) is 2.63. The summed E-state index contributed by atoms with van der Waals surface area (Å²) < 4.78 is 0. The van der Waals surface area contributed by atoms with Gasteiger partial charge in [0, 0.05) is 6.54 Å². The van der Waals surface area contributed by atoms with E-state index in [1.807, 2.05) is 0 Å². The van der Waals surface area contributed by atoms with Gasteiger partial charge in [0.2, 0.25) is 5.91 Å². The van der Waals surface area contributed by atoms with Crippen LogP contribution < -0.4 is 5.32 Å². The molecule has 1 amide bonds. The maximum Gasteiger partial charge on any atom is 0.307 e. The lowest BCUT2D eigenvalue weighted by atomic mass is 9.78. The number of hydrogen-bond donors (Lipinski definition) is 2. The minimum atomic E-state index is -0.819. The summed E-state index contributed by atoms with van der Waals surface area (Å²) in [5.74, 6) is -1.67. The highest BCUT2D eigenvalue weighted by Crippen LogP contribution is 2.30. The normalized spacial score (nSPS) is 23.6. The average Bonchev–Trinajstić information content (AvgIpc) is 2.38. The van der Waals surface area contributed by atoms with Crippen molar-refractivity contribution in [3.63, 3.8) is 0 Å². The number of hydrogen-bond acceptors (Lipinski definition) is 2. The van der Waals surface area contributed by atoms with E-state index in [2.05, 4.69) is 12.2 Å². The van der Waals surface area contributed by atoms with Crippen molar-refractivity contribution in [1.82, 2.24) is 5.32 Å². The van der Waals surface area contributed by atoms with Crippen LogP contribution in [0.2, 0.25) is 0 Å². The van der Waals surface area contributed by atoms with Gasteiger partial charge in [-0.25, -0.2) is 0 Å². The van der Waals surface area contributed by atoms with Gasteiger partial charge in [0.05, 0.1) is 11.8 Å². The largest absolute Gasteiger partial charge is 0.481 e. The highest BCUT2D eigenvalue weighted by atomic mass is 16.4. The first-order chi connectivity index (χ1) is 8.66. The zero-order valence-corrected chi connectivity index (χ0v) is 11.3. The number of unbranched alkanes of at least 4 members (excludes halogenated alkanes) is 3. The zero-order valence-electron chi connectivity index (χ0n) is 11.3. The SMILES string of the molecule is CCCCCCNC(=O)[C@@H]1CCCC[C@@H]1C(=O)O. The van der Waals surface area contributed by atoms with E-state index in [1.165, 1.54) is 12.8 Å². The summed E-state index contributed by atoms with van der Waals surface area (Å²) in [5.41, 5.74) is 0. The van der Waals surface area contributed by atoms with Gasteiger partial charge in [0.1, 0.15) is 0 Å². The van der Waals surface area contributed by atoms with Crippen LogP contribution >= 0.6 is 0 Å². The number of carbonyl (C=O) groups is 2. The van der Waals surface area contributed by atoms with Crippen molar-refractivity contribution in [2.24, 2.45) is 11.8 Å². The first-order valence-electron chi connectivity index (χ1n) is 7.17. The molecule has 0 aromatic rings. The van der Waals surface area contributed by atoms with E-state index in [4.69, 9.17) is 5.11 Å². The highest BCUT2D eigenvalue weighted by molar-refractivity contribution is 5.84. The van der Waals surface area contributed by atoms with E-state index in [9.17, 15) is 9.59 Å². The molecular weight excluding hydrogens is 230 g/mol. The molecule has 0 aromatic carbocycles. The number of aliphatic carboxylic acids is 1. The third-order valence-corrected chi connectivity index (χ3v) is 3.75.